The summed E-state index contributed by atoms with van der Waals surface area (Å²) in [6, 6.07) is 20.5. The van der Waals surface area contributed by atoms with Gasteiger partial charge in [-0.15, -0.1) is 0 Å². The van der Waals surface area contributed by atoms with E-state index in [1.807, 2.05) is 80.7 Å². The molecule has 4 heterocycles. The van der Waals surface area contributed by atoms with Gasteiger partial charge in [0.15, 0.2) is 13.9 Å². The number of carbonyl (C=O) groups excluding carboxylic acids is 3. The van der Waals surface area contributed by atoms with Crippen LogP contribution in [0.2, 0.25) is 18.6 Å². The predicted octanol–water partition coefficient (Wildman–Crippen LogP) is 4.33. The summed E-state index contributed by atoms with van der Waals surface area (Å²) in [5, 5.41) is 10.3. The van der Waals surface area contributed by atoms with E-state index in [4.69, 9.17) is 14.2 Å². The third kappa shape index (κ3) is 5.60. The standard InChI is InChI=1S/C37H43N3O8Si/c1-23-34(49(3,4)45)32(19-33(42)39-21-26-10-6-5-9-25(26)17-28(39)22-41)48-37(23)30-18-29(46-2)12-13-31(30)40(35(37)43)20-24-8-7-11-27(16-24)38-14-15-47-36(38)44/h5-13,16,18,23,28,32,34,41,45H,14-15,17,19-22H2,1-4H3/t23-,28+,32+,34-,37+/m1/s1. The minimum Gasteiger partial charge on any atom is -0.497 e. The molecule has 3 aromatic rings. The Bertz CT molecular complexity index is 1800. The van der Waals surface area contributed by atoms with E-state index < -0.39 is 37.6 Å². The second-order valence-corrected chi connectivity index (χ2v) is 18.1. The maximum Gasteiger partial charge on any atom is 0.414 e. The molecule has 0 aromatic heterocycles. The number of nitrogens with zero attached hydrogens (tertiary/aromatic N) is 3. The van der Waals surface area contributed by atoms with Crippen molar-refractivity contribution in [1.29, 1.82) is 0 Å². The van der Waals surface area contributed by atoms with Gasteiger partial charge in [-0.25, -0.2) is 4.79 Å². The first kappa shape index (κ1) is 33.3. The van der Waals surface area contributed by atoms with E-state index in [9.17, 15) is 24.3 Å². The lowest BCUT2D eigenvalue weighted by Crippen LogP contribution is -2.48. The van der Waals surface area contributed by atoms with E-state index in [1.54, 1.807) is 27.9 Å². The molecule has 4 aliphatic heterocycles. The first-order valence-corrected chi connectivity index (χ1v) is 19.9. The number of fused-ring (bicyclic) bond motifs is 3. The van der Waals surface area contributed by atoms with Gasteiger partial charge in [0.2, 0.25) is 5.91 Å². The third-order valence-corrected chi connectivity index (χ3v) is 13.3. The zero-order valence-corrected chi connectivity index (χ0v) is 29.3. The number of hydrogen-bond donors (Lipinski definition) is 2. The van der Waals surface area contributed by atoms with Crippen molar-refractivity contribution in [2.24, 2.45) is 5.92 Å². The molecule has 258 valence electrons. The fourth-order valence-electron chi connectivity index (χ4n) is 8.51. The number of anilines is 2. The zero-order chi connectivity index (χ0) is 34.7. The summed E-state index contributed by atoms with van der Waals surface area (Å²) in [6.45, 7) is 6.80. The summed E-state index contributed by atoms with van der Waals surface area (Å²) in [5.41, 5.74) is 3.05. The summed E-state index contributed by atoms with van der Waals surface area (Å²) >= 11 is 0. The number of aliphatic hydroxyl groups is 1. The van der Waals surface area contributed by atoms with Crippen molar-refractivity contribution in [2.75, 3.05) is 36.7 Å². The van der Waals surface area contributed by atoms with Crippen LogP contribution >= 0.6 is 0 Å². The number of rotatable bonds is 8. The summed E-state index contributed by atoms with van der Waals surface area (Å²) in [6.07, 6.45) is -0.625. The highest BCUT2D eigenvalue weighted by molar-refractivity contribution is 6.71. The summed E-state index contributed by atoms with van der Waals surface area (Å²) in [5.74, 6) is -0.363. The lowest BCUT2D eigenvalue weighted by atomic mass is 9.82. The van der Waals surface area contributed by atoms with Crippen molar-refractivity contribution in [1.82, 2.24) is 4.90 Å². The van der Waals surface area contributed by atoms with Gasteiger partial charge in [-0.2, -0.15) is 0 Å². The molecule has 0 unspecified atom stereocenters. The molecule has 2 fully saturated rings. The highest BCUT2D eigenvalue weighted by Gasteiger charge is 2.66. The zero-order valence-electron chi connectivity index (χ0n) is 28.3. The Labute approximate surface area is 287 Å². The van der Waals surface area contributed by atoms with Crippen molar-refractivity contribution in [3.63, 3.8) is 0 Å². The minimum absolute atomic E-state index is 0.0347. The van der Waals surface area contributed by atoms with E-state index in [1.165, 1.54) is 0 Å². The van der Waals surface area contributed by atoms with Crippen molar-refractivity contribution < 1.29 is 38.5 Å². The lowest BCUT2D eigenvalue weighted by molar-refractivity contribution is -0.151. The average molecular weight is 686 g/mol. The van der Waals surface area contributed by atoms with Gasteiger partial charge in [0.05, 0.1) is 51.1 Å². The number of aliphatic hydroxyl groups excluding tert-OH is 1. The van der Waals surface area contributed by atoms with Crippen LogP contribution in [-0.2, 0) is 44.2 Å². The van der Waals surface area contributed by atoms with Gasteiger partial charge in [-0.1, -0.05) is 43.3 Å². The van der Waals surface area contributed by atoms with E-state index in [0.717, 1.165) is 16.7 Å². The fraction of sp³-hybridized carbons (Fsp3) is 0.432. The first-order valence-electron chi connectivity index (χ1n) is 16.9. The summed E-state index contributed by atoms with van der Waals surface area (Å²) in [7, 11) is -1.47. The molecule has 49 heavy (non-hydrogen) atoms. The predicted molar refractivity (Wildman–Crippen MR) is 185 cm³/mol. The molecule has 11 nitrogen and oxygen atoms in total. The first-order chi connectivity index (χ1) is 23.5. The number of amides is 3. The number of benzene rings is 3. The summed E-state index contributed by atoms with van der Waals surface area (Å²) in [4.78, 5) is 58.1. The van der Waals surface area contributed by atoms with Crippen molar-refractivity contribution >= 4 is 37.6 Å². The van der Waals surface area contributed by atoms with Gasteiger partial charge in [0.1, 0.15) is 12.4 Å². The average Bonchev–Trinajstić information content (AvgIpc) is 3.72. The van der Waals surface area contributed by atoms with Crippen LogP contribution in [0.5, 0.6) is 5.75 Å². The molecule has 12 heteroatoms. The maximum absolute atomic E-state index is 14.9. The SMILES string of the molecule is COc1ccc2c(c1)[C@]1(O[C@@H](CC(=O)N3Cc4ccccc4C[C@H]3CO)[C@H]([Si](C)(C)O)[C@H]1C)C(=O)N2Cc1cccc(N2CCOC2=O)c1. The molecular weight excluding hydrogens is 643 g/mol. The van der Waals surface area contributed by atoms with Gasteiger partial charge in [-0.3, -0.25) is 14.5 Å². The Kier molecular flexibility index (Phi) is 8.54. The van der Waals surface area contributed by atoms with E-state index in [0.29, 0.717) is 48.8 Å². The number of carbonyl (C=O) groups is 3. The topological polar surface area (TPSA) is 129 Å². The van der Waals surface area contributed by atoms with Crippen molar-refractivity contribution in [2.45, 2.75) is 69.2 Å². The molecule has 2 N–H and O–H groups in total. The maximum atomic E-state index is 14.9. The fourth-order valence-corrected chi connectivity index (χ4v) is 11.1. The molecule has 3 amide bonds. The molecule has 3 aromatic carbocycles. The Hall–Kier alpha value is -4.23. The second kappa shape index (κ2) is 12.6. The molecule has 0 bridgehead atoms. The molecule has 1 spiro atoms. The van der Waals surface area contributed by atoms with Crippen LogP contribution in [0.1, 0.15) is 35.6 Å². The Morgan fingerprint density at radius 2 is 1.84 bits per heavy atom. The van der Waals surface area contributed by atoms with Crippen LogP contribution in [-0.4, -0.2) is 80.0 Å². The van der Waals surface area contributed by atoms with Crippen molar-refractivity contribution in [3.8, 4) is 5.75 Å². The van der Waals surface area contributed by atoms with E-state index in [-0.39, 0.29) is 37.4 Å². The van der Waals surface area contributed by atoms with Gasteiger partial charge >= 0.3 is 6.09 Å². The Morgan fingerprint density at radius 1 is 1.06 bits per heavy atom. The monoisotopic (exact) mass is 685 g/mol. The largest absolute Gasteiger partial charge is 0.497 e. The van der Waals surface area contributed by atoms with Gasteiger partial charge in [-0.05, 0) is 66.5 Å². The molecule has 4 aliphatic rings. The molecule has 0 aliphatic carbocycles. The minimum atomic E-state index is -3.04. The number of ether oxygens (including phenoxy) is 3. The number of methoxy groups -OCH3 is 1. The molecule has 7 rings (SSSR count). The highest BCUT2D eigenvalue weighted by Crippen LogP contribution is 2.60. The van der Waals surface area contributed by atoms with Crippen LogP contribution in [0, 0.1) is 5.92 Å². The van der Waals surface area contributed by atoms with Crippen LogP contribution in [0.3, 0.4) is 0 Å². The molecular formula is C37H43N3O8Si. The van der Waals surface area contributed by atoms with E-state index >= 15 is 0 Å². The van der Waals surface area contributed by atoms with Gasteiger partial charge in [0, 0.05) is 29.3 Å². The van der Waals surface area contributed by atoms with Crippen LogP contribution < -0.4 is 14.5 Å². The normalized spacial score (nSPS) is 26.3. The lowest BCUT2D eigenvalue weighted by Gasteiger charge is -2.37. The van der Waals surface area contributed by atoms with Crippen LogP contribution in [0.15, 0.2) is 66.7 Å². The number of cyclic esters (lactones) is 1. The Morgan fingerprint density at radius 3 is 2.53 bits per heavy atom. The Balaban J connectivity index is 1.23. The molecule has 0 saturated carbocycles. The quantitative estimate of drug-likeness (QED) is 0.336. The van der Waals surface area contributed by atoms with Crippen LogP contribution in [0.4, 0.5) is 16.2 Å². The molecule has 5 atom stereocenters. The van der Waals surface area contributed by atoms with Gasteiger partial charge < -0.3 is 33.9 Å². The second-order valence-electron chi connectivity index (χ2n) is 14.1. The van der Waals surface area contributed by atoms with E-state index in [2.05, 4.69) is 0 Å². The smallest absolute Gasteiger partial charge is 0.414 e. The molecule has 2 saturated heterocycles. The number of hydrogen-bond acceptors (Lipinski definition) is 8. The van der Waals surface area contributed by atoms with Crippen LogP contribution in [0.25, 0.3) is 0 Å². The molecule has 0 radical (unpaired) electrons. The van der Waals surface area contributed by atoms with Gasteiger partial charge in [0.25, 0.3) is 5.91 Å². The summed E-state index contributed by atoms with van der Waals surface area (Å²) < 4.78 is 17.7. The third-order valence-electron chi connectivity index (χ3n) is 10.8. The highest BCUT2D eigenvalue weighted by atomic mass is 28.4. The van der Waals surface area contributed by atoms with Crippen molar-refractivity contribution in [3.05, 3.63) is 89.0 Å².